The van der Waals surface area contributed by atoms with Crippen LogP contribution in [0.3, 0.4) is 0 Å². The monoisotopic (exact) mass is 144 g/mol. The normalized spacial score (nSPS) is 11.1. The molecule has 0 aliphatic rings. The van der Waals surface area contributed by atoms with Crippen LogP contribution in [-0.4, -0.2) is 18.5 Å². The molecule has 53 valence electrons. The Morgan fingerprint density at radius 1 is 1.56 bits per heavy atom. The van der Waals surface area contributed by atoms with E-state index in [0.29, 0.717) is 0 Å². The molecular formula is C3H2F4NO. The van der Waals surface area contributed by atoms with Crippen LogP contribution in [0, 0.1) is 0 Å². The van der Waals surface area contributed by atoms with E-state index in [1.807, 2.05) is 0 Å². The number of carbonyl (C=O) groups excluding carboxylic acids is 1. The van der Waals surface area contributed by atoms with Gasteiger partial charge in [-0.2, -0.15) is 8.78 Å². The minimum Gasteiger partial charge on any atom is -0.263 e. The van der Waals surface area contributed by atoms with Crippen molar-refractivity contribution >= 4 is 5.91 Å². The van der Waals surface area contributed by atoms with Crippen molar-refractivity contribution in [3.05, 3.63) is 0 Å². The number of rotatable bonds is 2. The first-order valence-electron chi connectivity index (χ1n) is 1.85. The average molecular weight is 144 g/mol. The molecule has 0 aliphatic carbocycles. The van der Waals surface area contributed by atoms with Gasteiger partial charge in [-0.15, -0.1) is 0 Å². The summed E-state index contributed by atoms with van der Waals surface area (Å²) in [7, 11) is 0. The van der Waals surface area contributed by atoms with Gasteiger partial charge in [-0.1, -0.05) is 4.48 Å². The Kier molecular flexibility index (Phi) is 2.41. The summed E-state index contributed by atoms with van der Waals surface area (Å²) in [5, 5.41) is 0. The van der Waals surface area contributed by atoms with Gasteiger partial charge in [0, 0.05) is 0 Å². The Hall–Kier alpha value is -0.810. The molecule has 0 fully saturated rings. The molecular weight excluding hydrogens is 142 g/mol. The lowest BCUT2D eigenvalue weighted by Crippen LogP contribution is -2.34. The summed E-state index contributed by atoms with van der Waals surface area (Å²) in [5.41, 5.74) is 1.10. The van der Waals surface area contributed by atoms with Gasteiger partial charge in [0.05, 0.1) is 0 Å². The predicted octanol–water partition coefficient (Wildman–Crippen LogP) is 0.607. The molecule has 0 rings (SSSR count). The van der Waals surface area contributed by atoms with Crippen LogP contribution in [0.4, 0.5) is 17.7 Å². The summed E-state index contributed by atoms with van der Waals surface area (Å²) in [5.74, 6) is -6.68. The number of alkyl halides is 3. The number of carbonyl (C=O) groups is 1. The van der Waals surface area contributed by atoms with E-state index >= 15 is 0 Å². The second-order valence-corrected chi connectivity index (χ2v) is 1.23. The summed E-state index contributed by atoms with van der Waals surface area (Å²) in [6, 6.07) is 0. The minimum absolute atomic E-state index is 1.10. The van der Waals surface area contributed by atoms with E-state index in [1.54, 1.807) is 0 Å². The molecule has 9 heavy (non-hydrogen) atoms. The van der Waals surface area contributed by atoms with E-state index in [9.17, 15) is 22.4 Å². The molecule has 0 saturated heterocycles. The fourth-order valence-corrected chi connectivity index (χ4v) is 0.119. The van der Waals surface area contributed by atoms with Crippen LogP contribution in [0.1, 0.15) is 0 Å². The summed E-state index contributed by atoms with van der Waals surface area (Å²) >= 11 is 0. The minimum atomic E-state index is -4.30. The second-order valence-electron chi connectivity index (χ2n) is 1.23. The summed E-state index contributed by atoms with van der Waals surface area (Å²) in [6.07, 6.45) is 0. The Balaban J connectivity index is 3.97. The first kappa shape index (κ1) is 8.19. The topological polar surface area (TPSA) is 31.2 Å². The maximum Gasteiger partial charge on any atom is 0.356 e. The fourth-order valence-electron chi connectivity index (χ4n) is 0.119. The Labute approximate surface area is 47.8 Å². The van der Waals surface area contributed by atoms with Crippen LogP contribution in [0.5, 0.6) is 0 Å². The van der Waals surface area contributed by atoms with E-state index in [4.69, 9.17) is 0 Å². The molecule has 6 heteroatoms. The third-order valence-electron chi connectivity index (χ3n) is 0.557. The van der Waals surface area contributed by atoms with Crippen molar-refractivity contribution in [2.75, 3.05) is 6.67 Å². The van der Waals surface area contributed by atoms with Crippen molar-refractivity contribution in [3.63, 3.8) is 0 Å². The molecule has 0 aromatic heterocycles. The molecule has 2 nitrogen and oxygen atoms in total. The maximum atomic E-state index is 11.5. The van der Waals surface area contributed by atoms with Crippen LogP contribution in [0.2, 0.25) is 0 Å². The quantitative estimate of drug-likeness (QED) is 0.522. The van der Waals surface area contributed by atoms with Gasteiger partial charge in [0.25, 0.3) is 0 Å². The largest absolute Gasteiger partial charge is 0.356 e. The van der Waals surface area contributed by atoms with E-state index < -0.39 is 18.5 Å². The standard InChI is InChI=1S/C3H2F4NO/c4-1-3(5,6)2(9)8-7/h1H2. The van der Waals surface area contributed by atoms with Crippen LogP contribution in [0.25, 0.3) is 0 Å². The van der Waals surface area contributed by atoms with E-state index in [1.165, 1.54) is 0 Å². The van der Waals surface area contributed by atoms with Gasteiger partial charge < -0.3 is 0 Å². The lowest BCUT2D eigenvalue weighted by Gasteiger charge is -2.04. The molecule has 0 aromatic rings. The van der Waals surface area contributed by atoms with Gasteiger partial charge in [-0.25, -0.2) is 4.39 Å². The smallest absolute Gasteiger partial charge is 0.263 e. The highest BCUT2D eigenvalue weighted by Crippen LogP contribution is 2.13. The third-order valence-corrected chi connectivity index (χ3v) is 0.557. The summed E-state index contributed by atoms with van der Waals surface area (Å²) < 4.78 is 44.7. The van der Waals surface area contributed by atoms with Crippen LogP contribution in [0.15, 0.2) is 0 Å². The fraction of sp³-hybridized carbons (Fsp3) is 0.667. The van der Waals surface area contributed by atoms with Gasteiger partial charge in [-0.3, -0.25) is 4.79 Å². The molecule has 0 aromatic carbocycles. The van der Waals surface area contributed by atoms with Crippen LogP contribution in [-0.2, 0) is 4.79 Å². The molecule has 1 radical (unpaired) electrons. The molecule has 0 spiro atoms. The lowest BCUT2D eigenvalue weighted by molar-refractivity contribution is -0.153. The predicted molar refractivity (Wildman–Crippen MR) is 19.2 cm³/mol. The molecule has 0 saturated carbocycles. The van der Waals surface area contributed by atoms with Gasteiger partial charge in [0.15, 0.2) is 6.67 Å². The maximum absolute atomic E-state index is 11.5. The van der Waals surface area contributed by atoms with Gasteiger partial charge in [-0.05, 0) is 5.54 Å². The van der Waals surface area contributed by atoms with Crippen molar-refractivity contribution in [1.82, 2.24) is 5.54 Å². The van der Waals surface area contributed by atoms with Crippen molar-refractivity contribution in [2.24, 2.45) is 0 Å². The Morgan fingerprint density at radius 2 is 2.00 bits per heavy atom. The number of hydrogen-bond donors (Lipinski definition) is 0. The SMILES string of the molecule is O=C([N]F)C(F)(F)CF. The van der Waals surface area contributed by atoms with Crippen molar-refractivity contribution in [1.29, 1.82) is 0 Å². The Bertz CT molecular complexity index is 114. The first-order valence-corrected chi connectivity index (χ1v) is 1.85. The molecule has 0 atom stereocenters. The highest BCUT2D eigenvalue weighted by molar-refractivity contribution is 5.82. The third kappa shape index (κ3) is 1.87. The number of halogens is 4. The highest BCUT2D eigenvalue weighted by Gasteiger charge is 2.40. The van der Waals surface area contributed by atoms with Crippen molar-refractivity contribution in [2.45, 2.75) is 5.92 Å². The van der Waals surface area contributed by atoms with Crippen molar-refractivity contribution in [3.8, 4) is 0 Å². The van der Waals surface area contributed by atoms with Crippen molar-refractivity contribution < 1.29 is 22.4 Å². The highest BCUT2D eigenvalue weighted by atomic mass is 19.3. The van der Waals surface area contributed by atoms with Gasteiger partial charge >= 0.3 is 11.8 Å². The van der Waals surface area contributed by atoms with E-state index in [-0.39, 0.29) is 0 Å². The van der Waals surface area contributed by atoms with Crippen LogP contribution >= 0.6 is 0 Å². The number of nitrogens with zero attached hydrogens (tertiary/aromatic N) is 1. The zero-order valence-electron chi connectivity index (χ0n) is 4.07. The second kappa shape index (κ2) is 2.65. The van der Waals surface area contributed by atoms with Gasteiger partial charge in [0.1, 0.15) is 0 Å². The number of hydrogen-bond acceptors (Lipinski definition) is 1. The van der Waals surface area contributed by atoms with Crippen LogP contribution < -0.4 is 5.54 Å². The van der Waals surface area contributed by atoms with E-state index in [0.717, 1.165) is 5.54 Å². The molecule has 0 aliphatic heterocycles. The lowest BCUT2D eigenvalue weighted by atomic mass is 10.4. The first-order chi connectivity index (χ1) is 4.04. The Morgan fingerprint density at radius 3 is 2.11 bits per heavy atom. The average Bonchev–Trinajstić information content (AvgIpc) is 1.86. The zero-order chi connectivity index (χ0) is 7.49. The molecule has 1 amide bonds. The zero-order valence-corrected chi connectivity index (χ0v) is 4.07. The molecule has 0 bridgehead atoms. The molecule has 0 unspecified atom stereocenters. The number of amides is 1. The molecule has 0 N–H and O–H groups in total. The van der Waals surface area contributed by atoms with Gasteiger partial charge in [0.2, 0.25) is 0 Å². The molecule has 0 heterocycles. The summed E-state index contributed by atoms with van der Waals surface area (Å²) in [6.45, 7) is -2.22. The van der Waals surface area contributed by atoms with E-state index in [2.05, 4.69) is 0 Å². The summed E-state index contributed by atoms with van der Waals surface area (Å²) in [4.78, 5) is 9.53.